The largest absolute Gasteiger partial charge is 0.310 e. The smallest absolute Gasteiger partial charge is 0.0991 e. The molecule has 0 fully saturated rings. The summed E-state index contributed by atoms with van der Waals surface area (Å²) in [6, 6.07) is 34.3. The van der Waals surface area contributed by atoms with Crippen molar-refractivity contribution in [2.45, 2.75) is 19.8 Å². The van der Waals surface area contributed by atoms with Crippen LogP contribution < -0.4 is 4.90 Å². The quantitative estimate of drug-likeness (QED) is 0.367. The van der Waals surface area contributed by atoms with E-state index in [1.165, 1.54) is 22.5 Å². The first-order valence-electron chi connectivity index (χ1n) is 10.3. The summed E-state index contributed by atoms with van der Waals surface area (Å²) in [7, 11) is 0. The van der Waals surface area contributed by atoms with Gasteiger partial charge in [0.25, 0.3) is 0 Å². The maximum absolute atomic E-state index is 9.13. The topological polar surface area (TPSA) is 27.0 Å². The van der Waals surface area contributed by atoms with Crippen LogP contribution in [0.4, 0.5) is 17.1 Å². The Balaban J connectivity index is 1.60. The fraction of sp³-hybridized carbons (Fsp3) is 0.107. The van der Waals surface area contributed by atoms with Crippen LogP contribution in [0.5, 0.6) is 0 Å². The summed E-state index contributed by atoms with van der Waals surface area (Å²) in [5, 5.41) is 9.13. The van der Waals surface area contributed by atoms with Crippen LogP contribution in [0.1, 0.15) is 22.3 Å². The van der Waals surface area contributed by atoms with Crippen LogP contribution in [0.25, 0.3) is 11.1 Å². The van der Waals surface area contributed by atoms with Crippen LogP contribution in [0.2, 0.25) is 0 Å². The zero-order valence-corrected chi connectivity index (χ0v) is 17.0. The predicted octanol–water partition coefficient (Wildman–Crippen LogP) is 7.10. The lowest BCUT2D eigenvalue weighted by atomic mass is 9.98. The van der Waals surface area contributed by atoms with Crippen molar-refractivity contribution >= 4 is 17.1 Å². The molecule has 0 spiro atoms. The molecule has 2 nitrogen and oxygen atoms in total. The van der Waals surface area contributed by atoms with E-state index in [2.05, 4.69) is 90.7 Å². The summed E-state index contributed by atoms with van der Waals surface area (Å²) < 4.78 is 0. The third kappa shape index (κ3) is 3.15. The second-order valence-corrected chi connectivity index (χ2v) is 7.78. The van der Waals surface area contributed by atoms with E-state index in [0.717, 1.165) is 35.2 Å². The highest BCUT2D eigenvalue weighted by molar-refractivity contribution is 5.82. The number of rotatable bonds is 2. The maximum Gasteiger partial charge on any atom is 0.0991 e. The molecule has 0 aromatic heterocycles. The van der Waals surface area contributed by atoms with Crippen LogP contribution in [0.3, 0.4) is 0 Å². The Bertz CT molecular complexity index is 1220. The minimum Gasteiger partial charge on any atom is -0.310 e. The van der Waals surface area contributed by atoms with Crippen molar-refractivity contribution in [2.24, 2.45) is 0 Å². The molecule has 0 atom stereocenters. The highest BCUT2D eigenvalue weighted by Crippen LogP contribution is 2.42. The third-order valence-corrected chi connectivity index (χ3v) is 5.92. The van der Waals surface area contributed by atoms with E-state index in [0.29, 0.717) is 5.56 Å². The molecule has 1 aliphatic heterocycles. The summed E-state index contributed by atoms with van der Waals surface area (Å²) in [6.07, 6.45) is 2.10. The van der Waals surface area contributed by atoms with Crippen molar-refractivity contribution in [3.8, 4) is 17.2 Å². The van der Waals surface area contributed by atoms with Crippen LogP contribution >= 0.6 is 0 Å². The summed E-state index contributed by atoms with van der Waals surface area (Å²) in [4.78, 5) is 2.38. The molecule has 0 saturated heterocycles. The van der Waals surface area contributed by atoms with E-state index >= 15 is 0 Å². The maximum atomic E-state index is 9.13. The van der Waals surface area contributed by atoms with Crippen molar-refractivity contribution in [1.82, 2.24) is 0 Å². The fourth-order valence-electron chi connectivity index (χ4n) is 4.41. The minimum atomic E-state index is 0.700. The summed E-state index contributed by atoms with van der Waals surface area (Å²) in [5.41, 5.74) is 10.6. The molecule has 0 saturated carbocycles. The first-order chi connectivity index (χ1) is 14.7. The van der Waals surface area contributed by atoms with Gasteiger partial charge < -0.3 is 4.90 Å². The number of hydrogen-bond donors (Lipinski definition) is 0. The van der Waals surface area contributed by atoms with Gasteiger partial charge in [0, 0.05) is 17.1 Å². The van der Waals surface area contributed by atoms with Gasteiger partial charge in [-0.2, -0.15) is 5.26 Å². The number of fused-ring (bicyclic) bond motifs is 2. The van der Waals surface area contributed by atoms with Gasteiger partial charge in [-0.25, -0.2) is 0 Å². The molecule has 0 bridgehead atoms. The van der Waals surface area contributed by atoms with Gasteiger partial charge in [-0.3, -0.25) is 0 Å². The SMILES string of the molecule is Cc1cc(C#N)ccc1-c1ccc(N2c3ccccc3CCc3ccccc32)cc1. The van der Waals surface area contributed by atoms with E-state index in [1.54, 1.807) is 0 Å². The Hall–Kier alpha value is -3.83. The van der Waals surface area contributed by atoms with Crippen molar-refractivity contribution in [1.29, 1.82) is 5.26 Å². The molecule has 2 heteroatoms. The first kappa shape index (κ1) is 18.2. The van der Waals surface area contributed by atoms with Crippen LogP contribution in [0, 0.1) is 18.3 Å². The second kappa shape index (κ2) is 7.54. The summed E-state index contributed by atoms with van der Waals surface area (Å²) in [5.74, 6) is 0. The van der Waals surface area contributed by atoms with E-state index < -0.39 is 0 Å². The number of nitriles is 1. The molecular formula is C28H22N2. The Labute approximate surface area is 177 Å². The Morgan fingerprint density at radius 2 is 1.33 bits per heavy atom. The molecule has 0 unspecified atom stereocenters. The molecule has 1 aliphatic rings. The standard InChI is InChI=1S/C28H22N2/c1-20-18-21(19-29)10-17-26(20)22-13-15-25(16-14-22)30-27-8-4-2-6-23(27)11-12-24-7-3-5-9-28(24)30/h2-10,13-18H,11-12H2,1H3. The Morgan fingerprint density at radius 3 is 1.90 bits per heavy atom. The fourth-order valence-corrected chi connectivity index (χ4v) is 4.41. The van der Waals surface area contributed by atoms with Gasteiger partial charge in [0.2, 0.25) is 0 Å². The van der Waals surface area contributed by atoms with Crippen molar-refractivity contribution in [2.75, 3.05) is 4.90 Å². The van der Waals surface area contributed by atoms with E-state index in [1.807, 2.05) is 18.2 Å². The normalized spacial score (nSPS) is 12.5. The van der Waals surface area contributed by atoms with Gasteiger partial charge in [-0.15, -0.1) is 0 Å². The van der Waals surface area contributed by atoms with Gasteiger partial charge in [0.15, 0.2) is 0 Å². The molecule has 0 aliphatic carbocycles. The molecule has 4 aromatic rings. The molecule has 30 heavy (non-hydrogen) atoms. The average molecular weight is 386 g/mol. The van der Waals surface area contributed by atoms with Crippen molar-refractivity contribution in [3.63, 3.8) is 0 Å². The molecule has 4 aromatic carbocycles. The zero-order valence-electron chi connectivity index (χ0n) is 17.0. The van der Waals surface area contributed by atoms with Crippen LogP contribution in [-0.4, -0.2) is 0 Å². The van der Waals surface area contributed by atoms with Gasteiger partial charge in [-0.1, -0.05) is 54.6 Å². The minimum absolute atomic E-state index is 0.700. The molecule has 5 rings (SSSR count). The monoisotopic (exact) mass is 386 g/mol. The van der Waals surface area contributed by atoms with Gasteiger partial charge in [0.05, 0.1) is 11.6 Å². The van der Waals surface area contributed by atoms with E-state index in [-0.39, 0.29) is 0 Å². The van der Waals surface area contributed by atoms with Gasteiger partial charge in [0.1, 0.15) is 0 Å². The summed E-state index contributed by atoms with van der Waals surface area (Å²) in [6.45, 7) is 2.06. The highest BCUT2D eigenvalue weighted by Gasteiger charge is 2.21. The van der Waals surface area contributed by atoms with Gasteiger partial charge >= 0.3 is 0 Å². The Kier molecular flexibility index (Phi) is 4.58. The predicted molar refractivity (Wildman–Crippen MR) is 123 cm³/mol. The van der Waals surface area contributed by atoms with Crippen LogP contribution in [0.15, 0.2) is 91.0 Å². The second-order valence-electron chi connectivity index (χ2n) is 7.78. The average Bonchev–Trinajstić information content (AvgIpc) is 2.96. The molecule has 144 valence electrons. The van der Waals surface area contributed by atoms with E-state index in [4.69, 9.17) is 5.26 Å². The number of anilines is 3. The molecule has 1 heterocycles. The first-order valence-corrected chi connectivity index (χ1v) is 10.3. The third-order valence-electron chi connectivity index (χ3n) is 5.92. The molecule has 0 radical (unpaired) electrons. The molecule has 0 N–H and O–H groups in total. The highest BCUT2D eigenvalue weighted by atomic mass is 15.1. The number of hydrogen-bond acceptors (Lipinski definition) is 2. The lowest BCUT2D eigenvalue weighted by Crippen LogP contribution is -2.11. The molecule has 0 amide bonds. The number of nitrogens with zero attached hydrogens (tertiary/aromatic N) is 2. The Morgan fingerprint density at radius 1 is 0.733 bits per heavy atom. The lowest BCUT2D eigenvalue weighted by Gasteiger charge is -2.27. The zero-order chi connectivity index (χ0) is 20.5. The number of benzene rings is 4. The number of para-hydroxylation sites is 2. The lowest BCUT2D eigenvalue weighted by molar-refractivity contribution is 0.977. The molecular weight excluding hydrogens is 364 g/mol. The van der Waals surface area contributed by atoms with Crippen molar-refractivity contribution < 1.29 is 0 Å². The number of aryl methyl sites for hydroxylation is 3. The van der Waals surface area contributed by atoms with E-state index in [9.17, 15) is 0 Å². The van der Waals surface area contributed by atoms with Gasteiger partial charge in [-0.05, 0) is 84.0 Å². The summed E-state index contributed by atoms with van der Waals surface area (Å²) >= 11 is 0. The van der Waals surface area contributed by atoms with Crippen molar-refractivity contribution in [3.05, 3.63) is 113 Å². The van der Waals surface area contributed by atoms with Crippen LogP contribution in [-0.2, 0) is 12.8 Å².